The van der Waals surface area contributed by atoms with Gasteiger partial charge in [-0.3, -0.25) is 0 Å². The molecule has 5 nitrogen and oxygen atoms in total. The van der Waals surface area contributed by atoms with Crippen LogP contribution in [0.2, 0.25) is 0 Å². The third-order valence-electron chi connectivity index (χ3n) is 4.24. The van der Waals surface area contributed by atoms with E-state index in [1.807, 2.05) is 72.8 Å². The molecule has 27 heavy (non-hydrogen) atoms. The molecule has 2 N–H and O–H groups in total. The highest BCUT2D eigenvalue weighted by atomic mass is 16.5. The maximum absolute atomic E-state index is 12.7. The average Bonchev–Trinajstić information content (AvgIpc) is 2.73. The van der Waals surface area contributed by atoms with Gasteiger partial charge in [-0.25, -0.2) is 14.8 Å². The molecule has 0 amide bonds. The van der Waals surface area contributed by atoms with E-state index in [1.165, 1.54) is 0 Å². The van der Waals surface area contributed by atoms with E-state index in [9.17, 15) is 4.79 Å². The van der Waals surface area contributed by atoms with Gasteiger partial charge in [0.05, 0.1) is 11.1 Å². The Balaban J connectivity index is 1.57. The monoisotopic (exact) mass is 355 g/mol. The molecular weight excluding hydrogens is 338 g/mol. The third kappa shape index (κ3) is 3.48. The van der Waals surface area contributed by atoms with E-state index in [2.05, 4.69) is 9.97 Å². The van der Waals surface area contributed by atoms with E-state index in [0.717, 1.165) is 22.0 Å². The van der Waals surface area contributed by atoms with Gasteiger partial charge in [0, 0.05) is 5.39 Å². The van der Waals surface area contributed by atoms with Crippen molar-refractivity contribution in [2.75, 3.05) is 5.73 Å². The number of benzene rings is 3. The number of esters is 1. The summed E-state index contributed by atoms with van der Waals surface area (Å²) in [5, 5.41) is 0.780. The Labute approximate surface area is 156 Å². The van der Waals surface area contributed by atoms with E-state index in [-0.39, 0.29) is 6.61 Å². The molecule has 4 aromatic rings. The fourth-order valence-corrected chi connectivity index (χ4v) is 2.95. The van der Waals surface area contributed by atoms with Crippen molar-refractivity contribution in [3.8, 4) is 11.1 Å². The van der Waals surface area contributed by atoms with Crippen LogP contribution in [-0.2, 0) is 11.3 Å². The lowest BCUT2D eigenvalue weighted by molar-refractivity contribution is 0.0463. The number of nitrogens with two attached hydrogens (primary N) is 1. The number of para-hydroxylation sites is 1. The van der Waals surface area contributed by atoms with E-state index in [0.29, 0.717) is 17.2 Å². The van der Waals surface area contributed by atoms with Gasteiger partial charge in [0.25, 0.3) is 0 Å². The summed E-state index contributed by atoms with van der Waals surface area (Å²) in [6.07, 6.45) is 0. The molecule has 0 fully saturated rings. The number of hydrogen-bond acceptors (Lipinski definition) is 5. The Hall–Kier alpha value is -3.73. The maximum atomic E-state index is 12.7. The molecule has 0 unspecified atom stereocenters. The third-order valence-corrected chi connectivity index (χ3v) is 4.24. The summed E-state index contributed by atoms with van der Waals surface area (Å²) in [5.41, 5.74) is 8.98. The van der Waals surface area contributed by atoms with Crippen LogP contribution in [0.15, 0.2) is 78.9 Å². The summed E-state index contributed by atoms with van der Waals surface area (Å²) < 4.78 is 5.46. The van der Waals surface area contributed by atoms with Crippen LogP contribution in [0.3, 0.4) is 0 Å². The quantitative estimate of drug-likeness (QED) is 0.554. The van der Waals surface area contributed by atoms with Crippen LogP contribution in [0.25, 0.3) is 22.0 Å². The van der Waals surface area contributed by atoms with Crippen LogP contribution < -0.4 is 5.73 Å². The first kappa shape index (κ1) is 16.7. The fourth-order valence-electron chi connectivity index (χ4n) is 2.95. The number of nitrogen functional groups attached to an aromatic ring is 1. The molecule has 0 aliphatic heterocycles. The molecule has 5 heteroatoms. The molecule has 1 heterocycles. The standard InChI is InChI=1S/C22H17N3O2/c23-21-18-12-6-7-13-19(18)24-20(25-21)14-27-22(26)17-11-5-4-10-16(17)15-8-2-1-3-9-15/h1-13H,14H2,(H2,23,24,25). The zero-order chi connectivity index (χ0) is 18.6. The zero-order valence-corrected chi connectivity index (χ0v) is 14.5. The first-order valence-corrected chi connectivity index (χ1v) is 8.55. The molecule has 0 saturated heterocycles. The molecule has 3 aromatic carbocycles. The highest BCUT2D eigenvalue weighted by Gasteiger charge is 2.15. The van der Waals surface area contributed by atoms with Gasteiger partial charge in [-0.2, -0.15) is 0 Å². The molecule has 0 saturated carbocycles. The Morgan fingerprint density at radius 1 is 0.852 bits per heavy atom. The van der Waals surface area contributed by atoms with Gasteiger partial charge in [-0.15, -0.1) is 0 Å². The fraction of sp³-hybridized carbons (Fsp3) is 0.0455. The van der Waals surface area contributed by atoms with Crippen molar-refractivity contribution in [3.63, 3.8) is 0 Å². The number of carbonyl (C=O) groups is 1. The Morgan fingerprint density at radius 2 is 1.56 bits per heavy atom. The normalized spacial score (nSPS) is 10.7. The van der Waals surface area contributed by atoms with Gasteiger partial charge < -0.3 is 10.5 Å². The minimum absolute atomic E-state index is 0.0447. The van der Waals surface area contributed by atoms with Crippen molar-refractivity contribution < 1.29 is 9.53 Å². The van der Waals surface area contributed by atoms with Gasteiger partial charge in [0.15, 0.2) is 12.4 Å². The van der Waals surface area contributed by atoms with Crippen molar-refractivity contribution in [1.82, 2.24) is 9.97 Å². The number of nitrogens with zero attached hydrogens (tertiary/aromatic N) is 2. The number of ether oxygens (including phenoxy) is 1. The van der Waals surface area contributed by atoms with Crippen molar-refractivity contribution in [1.29, 1.82) is 0 Å². The van der Waals surface area contributed by atoms with Crippen LogP contribution in [0.1, 0.15) is 16.2 Å². The van der Waals surface area contributed by atoms with Gasteiger partial charge in [0.2, 0.25) is 0 Å². The smallest absolute Gasteiger partial charge is 0.339 e. The lowest BCUT2D eigenvalue weighted by atomic mass is 10.00. The van der Waals surface area contributed by atoms with Crippen molar-refractivity contribution >= 4 is 22.7 Å². The molecule has 0 radical (unpaired) electrons. The van der Waals surface area contributed by atoms with Gasteiger partial charge in [-0.1, -0.05) is 60.7 Å². The van der Waals surface area contributed by atoms with Crippen LogP contribution in [0.5, 0.6) is 0 Å². The number of fused-ring (bicyclic) bond motifs is 1. The topological polar surface area (TPSA) is 78.1 Å². The van der Waals surface area contributed by atoms with Crippen LogP contribution >= 0.6 is 0 Å². The molecule has 4 rings (SSSR count). The Morgan fingerprint density at radius 3 is 2.41 bits per heavy atom. The Bertz CT molecular complexity index is 1110. The van der Waals surface area contributed by atoms with Gasteiger partial charge in [0.1, 0.15) is 5.82 Å². The number of anilines is 1. The summed E-state index contributed by atoms with van der Waals surface area (Å²) in [6.45, 7) is -0.0447. The van der Waals surface area contributed by atoms with Crippen LogP contribution in [0.4, 0.5) is 5.82 Å². The molecule has 0 aliphatic carbocycles. The van der Waals surface area contributed by atoms with E-state index in [4.69, 9.17) is 10.5 Å². The van der Waals surface area contributed by atoms with Crippen LogP contribution in [-0.4, -0.2) is 15.9 Å². The van der Waals surface area contributed by atoms with Gasteiger partial charge >= 0.3 is 5.97 Å². The Kier molecular flexibility index (Phi) is 4.49. The number of carbonyl (C=O) groups excluding carboxylic acids is 1. The predicted octanol–water partition coefficient (Wildman–Crippen LogP) is 4.24. The minimum atomic E-state index is -0.426. The lowest BCUT2D eigenvalue weighted by Crippen LogP contribution is -2.09. The summed E-state index contributed by atoms with van der Waals surface area (Å²) >= 11 is 0. The predicted molar refractivity (Wildman–Crippen MR) is 105 cm³/mol. The second-order valence-corrected chi connectivity index (χ2v) is 6.03. The van der Waals surface area contributed by atoms with Crippen molar-refractivity contribution in [2.24, 2.45) is 0 Å². The lowest BCUT2D eigenvalue weighted by Gasteiger charge is -2.10. The summed E-state index contributed by atoms with van der Waals surface area (Å²) in [7, 11) is 0. The van der Waals surface area contributed by atoms with Gasteiger partial charge in [-0.05, 0) is 29.3 Å². The molecule has 0 atom stereocenters. The van der Waals surface area contributed by atoms with Crippen molar-refractivity contribution in [3.05, 3.63) is 90.3 Å². The largest absolute Gasteiger partial charge is 0.454 e. The average molecular weight is 355 g/mol. The van der Waals surface area contributed by atoms with E-state index >= 15 is 0 Å². The summed E-state index contributed by atoms with van der Waals surface area (Å²) in [6, 6.07) is 24.5. The highest BCUT2D eigenvalue weighted by molar-refractivity contribution is 5.97. The first-order chi connectivity index (χ1) is 13.2. The molecule has 1 aromatic heterocycles. The molecule has 0 bridgehead atoms. The summed E-state index contributed by atoms with van der Waals surface area (Å²) in [5.74, 6) is 0.317. The number of aromatic nitrogens is 2. The first-order valence-electron chi connectivity index (χ1n) is 8.55. The molecule has 0 spiro atoms. The number of rotatable bonds is 4. The number of hydrogen-bond donors (Lipinski definition) is 1. The van der Waals surface area contributed by atoms with Crippen molar-refractivity contribution in [2.45, 2.75) is 6.61 Å². The minimum Gasteiger partial charge on any atom is -0.454 e. The second-order valence-electron chi connectivity index (χ2n) is 6.03. The van der Waals surface area contributed by atoms with E-state index in [1.54, 1.807) is 6.07 Å². The van der Waals surface area contributed by atoms with E-state index < -0.39 is 5.97 Å². The summed E-state index contributed by atoms with van der Waals surface area (Å²) in [4.78, 5) is 21.3. The molecular formula is C22H17N3O2. The van der Waals surface area contributed by atoms with Crippen LogP contribution in [0, 0.1) is 0 Å². The molecule has 0 aliphatic rings. The zero-order valence-electron chi connectivity index (χ0n) is 14.5. The maximum Gasteiger partial charge on any atom is 0.339 e. The highest BCUT2D eigenvalue weighted by Crippen LogP contribution is 2.24. The molecule has 132 valence electrons. The SMILES string of the molecule is Nc1nc(COC(=O)c2ccccc2-c2ccccc2)nc2ccccc12. The second kappa shape index (κ2) is 7.25.